The lowest BCUT2D eigenvalue weighted by molar-refractivity contribution is -0.155. The molecule has 3 aliphatic heterocycles. The molecule has 2 bridgehead atoms. The van der Waals surface area contributed by atoms with Gasteiger partial charge in [-0.2, -0.15) is 0 Å². The Morgan fingerprint density at radius 2 is 2.12 bits per heavy atom. The molecule has 3 aliphatic rings. The van der Waals surface area contributed by atoms with E-state index in [0.29, 0.717) is 19.0 Å². The van der Waals surface area contributed by atoms with E-state index >= 15 is 0 Å². The number of nitrogens with zero attached hydrogens (tertiary/aromatic N) is 1. The molecule has 5 nitrogen and oxygen atoms in total. The molecule has 1 aromatic carbocycles. The molecule has 0 radical (unpaired) electrons. The van der Waals surface area contributed by atoms with Crippen molar-refractivity contribution in [3.63, 3.8) is 0 Å². The van der Waals surface area contributed by atoms with E-state index in [1.807, 2.05) is 47.4 Å². The SMILES string of the molecule is CC(C)CN1C[C@@]23C=C[C@H](O2)C(C(=O)OCc2ccccc2)[C@H]3C1=O. The first kappa shape index (κ1) is 16.3. The van der Waals surface area contributed by atoms with Gasteiger partial charge in [0.25, 0.3) is 0 Å². The lowest BCUT2D eigenvalue weighted by atomic mass is 9.77. The van der Waals surface area contributed by atoms with Gasteiger partial charge in [0.2, 0.25) is 5.91 Å². The van der Waals surface area contributed by atoms with Crippen molar-refractivity contribution in [3.8, 4) is 0 Å². The normalized spacial score (nSPS) is 32.5. The van der Waals surface area contributed by atoms with Crippen LogP contribution in [0.1, 0.15) is 19.4 Å². The second-order valence-electron chi connectivity index (χ2n) is 7.61. The Labute approximate surface area is 147 Å². The molecular formula is C20H23NO4. The van der Waals surface area contributed by atoms with Gasteiger partial charge in [0, 0.05) is 6.54 Å². The number of hydrogen-bond acceptors (Lipinski definition) is 4. The molecule has 0 N–H and O–H groups in total. The predicted molar refractivity (Wildman–Crippen MR) is 91.4 cm³/mol. The Morgan fingerprint density at radius 1 is 1.36 bits per heavy atom. The second-order valence-corrected chi connectivity index (χ2v) is 7.61. The van der Waals surface area contributed by atoms with Gasteiger partial charge in [-0.15, -0.1) is 0 Å². The first-order valence-corrected chi connectivity index (χ1v) is 8.87. The number of benzene rings is 1. The summed E-state index contributed by atoms with van der Waals surface area (Å²) in [5, 5.41) is 0. The van der Waals surface area contributed by atoms with Gasteiger partial charge in [-0.1, -0.05) is 56.3 Å². The van der Waals surface area contributed by atoms with Crippen LogP contribution in [0, 0.1) is 17.8 Å². The van der Waals surface area contributed by atoms with Crippen molar-refractivity contribution in [2.45, 2.75) is 32.2 Å². The van der Waals surface area contributed by atoms with Crippen molar-refractivity contribution < 1.29 is 19.1 Å². The molecule has 4 rings (SSSR count). The number of rotatable bonds is 5. The van der Waals surface area contributed by atoms with Crippen LogP contribution in [0.4, 0.5) is 0 Å². The van der Waals surface area contributed by atoms with Crippen LogP contribution in [-0.2, 0) is 25.7 Å². The van der Waals surface area contributed by atoms with Gasteiger partial charge >= 0.3 is 5.97 Å². The van der Waals surface area contributed by atoms with Crippen molar-refractivity contribution in [1.82, 2.24) is 4.90 Å². The van der Waals surface area contributed by atoms with Gasteiger partial charge in [-0.3, -0.25) is 9.59 Å². The molecule has 1 spiro atoms. The Kier molecular flexibility index (Phi) is 3.91. The monoisotopic (exact) mass is 341 g/mol. The molecule has 4 atom stereocenters. The summed E-state index contributed by atoms with van der Waals surface area (Å²) in [4.78, 5) is 27.4. The van der Waals surface area contributed by atoms with Gasteiger partial charge in [0.1, 0.15) is 18.1 Å². The van der Waals surface area contributed by atoms with Crippen molar-refractivity contribution in [1.29, 1.82) is 0 Å². The molecular weight excluding hydrogens is 318 g/mol. The Balaban J connectivity index is 1.50. The molecule has 1 aromatic rings. The molecule has 2 saturated heterocycles. The number of carbonyl (C=O) groups excluding carboxylic acids is 2. The summed E-state index contributed by atoms with van der Waals surface area (Å²) in [6.07, 6.45) is 3.54. The summed E-state index contributed by atoms with van der Waals surface area (Å²) in [6.45, 7) is 5.60. The summed E-state index contributed by atoms with van der Waals surface area (Å²) in [5.74, 6) is -0.946. The minimum atomic E-state index is -0.646. The number of amides is 1. The molecule has 0 aliphatic carbocycles. The maximum Gasteiger partial charge on any atom is 0.313 e. The molecule has 1 amide bonds. The number of hydrogen-bond donors (Lipinski definition) is 0. The summed E-state index contributed by atoms with van der Waals surface area (Å²) in [7, 11) is 0. The van der Waals surface area contributed by atoms with E-state index in [4.69, 9.17) is 9.47 Å². The van der Waals surface area contributed by atoms with Gasteiger partial charge in [-0.25, -0.2) is 0 Å². The van der Waals surface area contributed by atoms with E-state index < -0.39 is 17.4 Å². The van der Waals surface area contributed by atoms with Gasteiger partial charge in [-0.05, 0) is 11.5 Å². The Hall–Kier alpha value is -2.14. The maximum atomic E-state index is 12.9. The van der Waals surface area contributed by atoms with Crippen molar-refractivity contribution in [3.05, 3.63) is 48.0 Å². The van der Waals surface area contributed by atoms with Crippen LogP contribution >= 0.6 is 0 Å². The van der Waals surface area contributed by atoms with Gasteiger partial charge in [0.15, 0.2) is 0 Å². The van der Waals surface area contributed by atoms with Crippen molar-refractivity contribution in [2.75, 3.05) is 13.1 Å². The zero-order valence-electron chi connectivity index (χ0n) is 14.6. The number of esters is 1. The maximum absolute atomic E-state index is 12.9. The van der Waals surface area contributed by atoms with Crippen LogP contribution in [0.3, 0.4) is 0 Å². The predicted octanol–water partition coefficient (Wildman–Crippen LogP) is 2.17. The molecule has 0 saturated carbocycles. The largest absolute Gasteiger partial charge is 0.460 e. The third kappa shape index (κ3) is 2.67. The molecule has 2 fully saturated rings. The fourth-order valence-corrected chi connectivity index (χ4v) is 4.27. The lowest BCUT2D eigenvalue weighted by Gasteiger charge is -2.23. The van der Waals surface area contributed by atoms with E-state index in [1.54, 1.807) is 0 Å². The lowest BCUT2D eigenvalue weighted by Crippen LogP contribution is -2.40. The van der Waals surface area contributed by atoms with E-state index in [1.165, 1.54) is 0 Å². The highest BCUT2D eigenvalue weighted by molar-refractivity contribution is 5.91. The molecule has 1 unspecified atom stereocenters. The minimum absolute atomic E-state index is 0.0159. The van der Waals surface area contributed by atoms with Crippen LogP contribution in [0.25, 0.3) is 0 Å². The highest BCUT2D eigenvalue weighted by Gasteiger charge is 2.67. The highest BCUT2D eigenvalue weighted by atomic mass is 16.6. The van der Waals surface area contributed by atoms with Gasteiger partial charge in [0.05, 0.1) is 18.6 Å². The van der Waals surface area contributed by atoms with E-state index in [9.17, 15) is 9.59 Å². The quantitative estimate of drug-likeness (QED) is 0.608. The summed E-state index contributed by atoms with van der Waals surface area (Å²) in [6, 6.07) is 9.57. The topological polar surface area (TPSA) is 55.8 Å². The smallest absolute Gasteiger partial charge is 0.313 e. The van der Waals surface area contributed by atoms with Crippen molar-refractivity contribution in [2.24, 2.45) is 17.8 Å². The van der Waals surface area contributed by atoms with Crippen LogP contribution in [0.2, 0.25) is 0 Å². The average Bonchev–Trinajstić information content (AvgIpc) is 3.22. The summed E-state index contributed by atoms with van der Waals surface area (Å²) in [5.41, 5.74) is 0.289. The fraction of sp³-hybridized carbons (Fsp3) is 0.500. The number of ether oxygens (including phenoxy) is 2. The van der Waals surface area contributed by atoms with Crippen LogP contribution in [0.5, 0.6) is 0 Å². The van der Waals surface area contributed by atoms with E-state index in [0.717, 1.165) is 5.56 Å². The summed E-state index contributed by atoms with van der Waals surface area (Å²) >= 11 is 0. The molecule has 3 heterocycles. The van der Waals surface area contributed by atoms with Crippen LogP contribution in [0.15, 0.2) is 42.5 Å². The Bertz CT molecular complexity index is 714. The average molecular weight is 341 g/mol. The van der Waals surface area contributed by atoms with E-state index in [-0.39, 0.29) is 24.6 Å². The number of likely N-dealkylation sites (tertiary alicyclic amines) is 1. The first-order valence-electron chi connectivity index (χ1n) is 8.87. The first-order chi connectivity index (χ1) is 12.0. The second kappa shape index (κ2) is 5.99. The molecule has 0 aromatic heterocycles. The van der Waals surface area contributed by atoms with Crippen LogP contribution in [-0.4, -0.2) is 41.6 Å². The zero-order chi connectivity index (χ0) is 17.6. The van der Waals surface area contributed by atoms with Crippen LogP contribution < -0.4 is 0 Å². The zero-order valence-corrected chi connectivity index (χ0v) is 14.6. The van der Waals surface area contributed by atoms with E-state index in [2.05, 4.69) is 13.8 Å². The highest BCUT2D eigenvalue weighted by Crippen LogP contribution is 2.52. The standard InChI is InChI=1S/C20H23NO4/c1-13(2)10-21-12-20-9-8-15(25-20)16(17(20)18(21)22)19(23)24-11-14-6-4-3-5-7-14/h3-9,13,15-17H,10-12H2,1-2H3/t15-,16?,17-,20+/m0/s1. The molecule has 132 valence electrons. The molecule has 25 heavy (non-hydrogen) atoms. The van der Waals surface area contributed by atoms with Crippen molar-refractivity contribution >= 4 is 11.9 Å². The third-order valence-electron chi connectivity index (χ3n) is 5.26. The number of fused-ring (bicyclic) bond motifs is 1. The third-order valence-corrected chi connectivity index (χ3v) is 5.26. The fourth-order valence-electron chi connectivity index (χ4n) is 4.27. The Morgan fingerprint density at radius 3 is 2.84 bits per heavy atom. The number of carbonyl (C=O) groups is 2. The van der Waals surface area contributed by atoms with Gasteiger partial charge < -0.3 is 14.4 Å². The molecule has 5 heteroatoms. The minimum Gasteiger partial charge on any atom is -0.460 e. The summed E-state index contributed by atoms with van der Waals surface area (Å²) < 4.78 is 11.6.